The molecule has 0 unspecified atom stereocenters. The Kier molecular flexibility index (Phi) is 8.11. The molecule has 0 bridgehead atoms. The van der Waals surface area contributed by atoms with E-state index >= 15 is 0 Å². The third-order valence-corrected chi connectivity index (χ3v) is 11.1. The molecule has 8 aromatic carbocycles. The van der Waals surface area contributed by atoms with Gasteiger partial charge in [-0.3, -0.25) is 0 Å². The second-order valence-electron chi connectivity index (χ2n) is 14.6. The SMILES string of the molecule is c1ccc(-c2cc(-c3ccc(-c4ccc5cc(-c6ccc7ccc8ccc(-c9ccccc9)nc8c7n6)ccc5c4)c4ccccc34)nc(-c3ccccc3)n2)cc1. The van der Waals surface area contributed by atoms with Crippen molar-refractivity contribution in [3.8, 4) is 67.5 Å². The smallest absolute Gasteiger partial charge is 0.160 e. The molecular weight excluding hydrogens is 705 g/mol. The number of hydrogen-bond donors (Lipinski definition) is 0. The fourth-order valence-corrected chi connectivity index (χ4v) is 8.10. The van der Waals surface area contributed by atoms with Crippen molar-refractivity contribution in [2.24, 2.45) is 0 Å². The van der Waals surface area contributed by atoms with Crippen molar-refractivity contribution in [2.45, 2.75) is 0 Å². The van der Waals surface area contributed by atoms with Gasteiger partial charge in [-0.15, -0.1) is 0 Å². The van der Waals surface area contributed by atoms with Crippen molar-refractivity contribution in [1.29, 1.82) is 0 Å². The number of pyridine rings is 2. The molecule has 11 aromatic rings. The molecule has 58 heavy (non-hydrogen) atoms. The maximum absolute atomic E-state index is 5.22. The second kappa shape index (κ2) is 14.0. The molecule has 4 nitrogen and oxygen atoms in total. The molecule has 0 radical (unpaired) electrons. The van der Waals surface area contributed by atoms with Gasteiger partial charge in [-0.2, -0.15) is 0 Å². The van der Waals surface area contributed by atoms with Crippen molar-refractivity contribution in [3.05, 3.63) is 206 Å². The van der Waals surface area contributed by atoms with Gasteiger partial charge in [-0.05, 0) is 63.0 Å². The van der Waals surface area contributed by atoms with E-state index in [2.05, 4.69) is 164 Å². The Hall–Kier alpha value is -7.82. The van der Waals surface area contributed by atoms with Crippen LogP contribution in [0.2, 0.25) is 0 Å². The third-order valence-electron chi connectivity index (χ3n) is 11.1. The van der Waals surface area contributed by atoms with Crippen LogP contribution in [0.25, 0.3) is 111 Å². The van der Waals surface area contributed by atoms with Gasteiger partial charge < -0.3 is 0 Å². The van der Waals surface area contributed by atoms with Crippen LogP contribution in [0.5, 0.6) is 0 Å². The van der Waals surface area contributed by atoms with Crippen LogP contribution < -0.4 is 0 Å². The van der Waals surface area contributed by atoms with Crippen LogP contribution in [0, 0.1) is 0 Å². The zero-order valence-electron chi connectivity index (χ0n) is 31.4. The lowest BCUT2D eigenvalue weighted by molar-refractivity contribution is 1.18. The van der Waals surface area contributed by atoms with Crippen LogP contribution in [0.1, 0.15) is 0 Å². The van der Waals surface area contributed by atoms with Gasteiger partial charge in [-0.25, -0.2) is 19.9 Å². The van der Waals surface area contributed by atoms with E-state index in [1.807, 2.05) is 42.5 Å². The van der Waals surface area contributed by atoms with E-state index in [0.29, 0.717) is 5.82 Å². The Morgan fingerprint density at radius 3 is 1.33 bits per heavy atom. The van der Waals surface area contributed by atoms with Crippen molar-refractivity contribution >= 4 is 43.4 Å². The Morgan fingerprint density at radius 2 is 0.690 bits per heavy atom. The first-order valence-corrected chi connectivity index (χ1v) is 19.5. The summed E-state index contributed by atoms with van der Waals surface area (Å²) in [5.74, 6) is 0.708. The van der Waals surface area contributed by atoms with Crippen molar-refractivity contribution in [1.82, 2.24) is 19.9 Å². The van der Waals surface area contributed by atoms with Crippen molar-refractivity contribution in [2.75, 3.05) is 0 Å². The highest BCUT2D eigenvalue weighted by molar-refractivity contribution is 6.07. The van der Waals surface area contributed by atoms with E-state index in [4.69, 9.17) is 19.9 Å². The molecule has 3 aromatic heterocycles. The fourth-order valence-electron chi connectivity index (χ4n) is 8.10. The average Bonchev–Trinajstić information content (AvgIpc) is 3.31. The molecule has 0 spiro atoms. The fraction of sp³-hybridized carbons (Fsp3) is 0. The number of fused-ring (bicyclic) bond motifs is 5. The molecule has 0 amide bonds. The number of rotatable bonds is 6. The monoisotopic (exact) mass is 738 g/mol. The standard InChI is InChI=1S/C54H34N4/c1-4-12-35(13-5-1)48-30-26-37-20-21-38-27-31-49(56-53(38)52(37)55-48)43-25-23-40-32-42(24-22-41(40)33-43)44-28-29-47(46-19-11-10-18-45(44)46)51-34-50(36-14-6-2-7-15-36)57-54(58-51)39-16-8-3-9-17-39/h1-34H. The van der Waals surface area contributed by atoms with Gasteiger partial charge >= 0.3 is 0 Å². The molecule has 0 saturated carbocycles. The molecule has 3 heterocycles. The summed E-state index contributed by atoms with van der Waals surface area (Å²) in [4.78, 5) is 20.5. The van der Waals surface area contributed by atoms with Crippen LogP contribution >= 0.6 is 0 Å². The van der Waals surface area contributed by atoms with Gasteiger partial charge in [0.1, 0.15) is 0 Å². The largest absolute Gasteiger partial charge is 0.245 e. The summed E-state index contributed by atoms with van der Waals surface area (Å²) in [6.07, 6.45) is 0. The molecule has 4 heteroatoms. The molecular formula is C54H34N4. The highest BCUT2D eigenvalue weighted by Gasteiger charge is 2.16. The third kappa shape index (κ3) is 6.05. The zero-order chi connectivity index (χ0) is 38.4. The van der Waals surface area contributed by atoms with E-state index in [9.17, 15) is 0 Å². The molecule has 0 aliphatic heterocycles. The molecule has 0 aliphatic rings. The average molecular weight is 739 g/mol. The van der Waals surface area contributed by atoms with Crippen LogP contribution in [-0.4, -0.2) is 19.9 Å². The van der Waals surface area contributed by atoms with E-state index in [-0.39, 0.29) is 0 Å². The van der Waals surface area contributed by atoms with Crippen LogP contribution in [-0.2, 0) is 0 Å². The van der Waals surface area contributed by atoms with Gasteiger partial charge in [0, 0.05) is 38.6 Å². The minimum atomic E-state index is 0.708. The number of hydrogen-bond acceptors (Lipinski definition) is 4. The van der Waals surface area contributed by atoms with Gasteiger partial charge in [0.05, 0.1) is 33.8 Å². The Labute approximate surface area is 335 Å². The molecule has 270 valence electrons. The van der Waals surface area contributed by atoms with E-state index in [1.54, 1.807) is 0 Å². The van der Waals surface area contributed by atoms with E-state index in [0.717, 1.165) is 88.7 Å². The Balaban J connectivity index is 0.973. The van der Waals surface area contributed by atoms with E-state index in [1.165, 1.54) is 16.3 Å². The lowest BCUT2D eigenvalue weighted by Crippen LogP contribution is -1.96. The number of aromatic nitrogens is 4. The lowest BCUT2D eigenvalue weighted by Gasteiger charge is -2.14. The molecule has 0 aliphatic carbocycles. The van der Waals surface area contributed by atoms with Crippen LogP contribution in [0.15, 0.2) is 206 Å². The number of nitrogens with zero attached hydrogens (tertiary/aromatic N) is 4. The molecule has 0 saturated heterocycles. The van der Waals surface area contributed by atoms with Crippen LogP contribution in [0.3, 0.4) is 0 Å². The highest BCUT2D eigenvalue weighted by Crippen LogP contribution is 2.38. The Morgan fingerprint density at radius 1 is 0.241 bits per heavy atom. The first-order valence-electron chi connectivity index (χ1n) is 19.5. The molecule has 0 atom stereocenters. The molecule has 11 rings (SSSR count). The topological polar surface area (TPSA) is 51.6 Å². The normalized spacial score (nSPS) is 11.4. The zero-order valence-corrected chi connectivity index (χ0v) is 31.4. The van der Waals surface area contributed by atoms with Gasteiger partial charge in [0.25, 0.3) is 0 Å². The van der Waals surface area contributed by atoms with Gasteiger partial charge in [0.15, 0.2) is 5.82 Å². The van der Waals surface area contributed by atoms with Crippen molar-refractivity contribution in [3.63, 3.8) is 0 Å². The summed E-state index contributed by atoms with van der Waals surface area (Å²) in [5.41, 5.74) is 13.1. The predicted molar refractivity (Wildman–Crippen MR) is 240 cm³/mol. The summed E-state index contributed by atoms with van der Waals surface area (Å²) in [6, 6.07) is 72.2. The summed E-state index contributed by atoms with van der Waals surface area (Å²) in [5, 5.41) is 6.81. The summed E-state index contributed by atoms with van der Waals surface area (Å²) in [6.45, 7) is 0. The van der Waals surface area contributed by atoms with Gasteiger partial charge in [-0.1, -0.05) is 176 Å². The molecule has 0 fully saturated rings. The van der Waals surface area contributed by atoms with Crippen LogP contribution in [0.4, 0.5) is 0 Å². The Bertz CT molecular complexity index is 3270. The van der Waals surface area contributed by atoms with Gasteiger partial charge in [0.2, 0.25) is 0 Å². The molecule has 0 N–H and O–H groups in total. The highest BCUT2D eigenvalue weighted by atomic mass is 14.9. The maximum atomic E-state index is 5.22. The quantitative estimate of drug-likeness (QED) is 0.159. The minimum Gasteiger partial charge on any atom is -0.245 e. The minimum absolute atomic E-state index is 0.708. The first kappa shape index (κ1) is 33.5. The lowest BCUT2D eigenvalue weighted by atomic mass is 9.92. The second-order valence-corrected chi connectivity index (χ2v) is 14.6. The maximum Gasteiger partial charge on any atom is 0.160 e. The summed E-state index contributed by atoms with van der Waals surface area (Å²) in [7, 11) is 0. The first-order chi connectivity index (χ1) is 28.7. The van der Waals surface area contributed by atoms with Crippen molar-refractivity contribution < 1.29 is 0 Å². The summed E-state index contributed by atoms with van der Waals surface area (Å²) < 4.78 is 0. The summed E-state index contributed by atoms with van der Waals surface area (Å²) >= 11 is 0. The van der Waals surface area contributed by atoms with E-state index < -0.39 is 0 Å². The predicted octanol–water partition coefficient (Wildman–Crippen LogP) is 13.9. The number of benzene rings is 8.